The zero-order chi connectivity index (χ0) is 38.2. The molecule has 284 valence electrons. The van der Waals surface area contributed by atoms with Crippen LogP contribution in [0.5, 0.6) is 11.5 Å². The summed E-state index contributed by atoms with van der Waals surface area (Å²) >= 11 is 0. The molecule has 0 bridgehead atoms. The Kier molecular flexibility index (Phi) is 6.80. The summed E-state index contributed by atoms with van der Waals surface area (Å²) < 4.78 is 13.3. The third-order valence-electron chi connectivity index (χ3n) is 18.1. The topological polar surface area (TPSA) is 110 Å². The van der Waals surface area contributed by atoms with Gasteiger partial charge in [-0.05, 0) is 140 Å². The van der Waals surface area contributed by atoms with Crippen LogP contribution in [0.1, 0.15) is 149 Å². The molecule has 53 heavy (non-hydrogen) atoms. The van der Waals surface area contributed by atoms with E-state index in [1.807, 2.05) is 25.1 Å². The zero-order valence-corrected chi connectivity index (χ0v) is 33.3. The molecule has 9 rings (SSSR count). The monoisotopic (exact) mass is 722 g/mol. The fourth-order valence-electron chi connectivity index (χ4n) is 14.2. The summed E-state index contributed by atoms with van der Waals surface area (Å²) in [5, 5.41) is 22.8. The number of carbonyl (C=O) groups is 3. The molecule has 7 nitrogen and oxygen atoms in total. The van der Waals surface area contributed by atoms with Gasteiger partial charge in [0.2, 0.25) is 11.4 Å². The Morgan fingerprint density at radius 2 is 1.47 bits per heavy atom. The molecule has 7 aliphatic carbocycles. The molecule has 10 atom stereocenters. The van der Waals surface area contributed by atoms with Crippen molar-refractivity contribution in [1.29, 1.82) is 0 Å². The number of hydrogen-bond acceptors (Lipinski definition) is 6. The SMILES string of the molecule is CC1(C)CCC[C@]2(C)c3cc4c(cc3C(=O)CC12)O[C@]1(C)C2=CC=C3[C@@](C)(CC[C@@]5(C)C6C[C@](C)(C(=O)O)CC[C@]6(C)CC[C@]35C)C2=CC(=O)[C@]1(O)O4. The Morgan fingerprint density at radius 3 is 2.19 bits per heavy atom. The largest absolute Gasteiger partial charge is 0.481 e. The number of benzene rings is 1. The molecule has 0 radical (unpaired) electrons. The summed E-state index contributed by atoms with van der Waals surface area (Å²) in [7, 11) is 0. The van der Waals surface area contributed by atoms with E-state index < -0.39 is 34.0 Å². The highest BCUT2D eigenvalue weighted by Gasteiger charge is 2.71. The lowest BCUT2D eigenvalue weighted by molar-refractivity contribution is -0.231. The zero-order valence-electron chi connectivity index (χ0n) is 33.3. The molecule has 2 N–H and O–H groups in total. The summed E-state index contributed by atoms with van der Waals surface area (Å²) in [6.45, 7) is 19.9. The van der Waals surface area contributed by atoms with E-state index in [1.165, 1.54) is 5.57 Å². The molecule has 0 aromatic heterocycles. The van der Waals surface area contributed by atoms with Crippen LogP contribution in [0.25, 0.3) is 0 Å². The van der Waals surface area contributed by atoms with Gasteiger partial charge in [-0.1, -0.05) is 72.6 Å². The molecule has 8 aliphatic rings. The van der Waals surface area contributed by atoms with E-state index in [1.54, 1.807) is 13.0 Å². The van der Waals surface area contributed by atoms with Crippen molar-refractivity contribution >= 4 is 17.5 Å². The smallest absolute Gasteiger partial charge is 0.317 e. The number of aliphatic hydroxyl groups is 1. The summed E-state index contributed by atoms with van der Waals surface area (Å²) in [6, 6.07) is 3.70. The van der Waals surface area contributed by atoms with Gasteiger partial charge in [0.15, 0.2) is 17.3 Å². The van der Waals surface area contributed by atoms with Crippen molar-refractivity contribution in [2.24, 2.45) is 44.3 Å². The molecule has 4 saturated carbocycles. The van der Waals surface area contributed by atoms with Gasteiger partial charge in [0.05, 0.1) is 5.41 Å². The highest BCUT2D eigenvalue weighted by atomic mass is 16.7. The molecule has 4 fully saturated rings. The normalized spacial score (nSPS) is 47.5. The van der Waals surface area contributed by atoms with Crippen LogP contribution in [0.15, 0.2) is 47.1 Å². The maximum absolute atomic E-state index is 14.5. The number of hydrogen-bond donors (Lipinski definition) is 2. The van der Waals surface area contributed by atoms with Crippen LogP contribution < -0.4 is 9.47 Å². The Bertz CT molecular complexity index is 2020. The molecule has 0 spiro atoms. The fourth-order valence-corrected chi connectivity index (χ4v) is 14.2. The Morgan fingerprint density at radius 1 is 0.774 bits per heavy atom. The molecule has 1 heterocycles. The van der Waals surface area contributed by atoms with E-state index >= 15 is 0 Å². The second-order valence-corrected chi connectivity index (χ2v) is 21.1. The predicted molar refractivity (Wildman–Crippen MR) is 202 cm³/mol. The van der Waals surface area contributed by atoms with Crippen molar-refractivity contribution < 1.29 is 34.1 Å². The minimum absolute atomic E-state index is 0.0151. The van der Waals surface area contributed by atoms with Crippen LogP contribution in [-0.2, 0) is 15.0 Å². The number of ketones is 2. The average molecular weight is 723 g/mol. The Hall–Kier alpha value is -3.19. The van der Waals surface area contributed by atoms with Crippen LogP contribution in [0.2, 0.25) is 0 Å². The minimum atomic E-state index is -2.29. The van der Waals surface area contributed by atoms with Gasteiger partial charge in [0.1, 0.15) is 0 Å². The number of fused-ring (bicyclic) bond motifs is 13. The van der Waals surface area contributed by atoms with Crippen molar-refractivity contribution in [3.63, 3.8) is 0 Å². The number of carbonyl (C=O) groups excluding carboxylic acids is 2. The van der Waals surface area contributed by atoms with Crippen molar-refractivity contribution in [2.45, 2.75) is 150 Å². The van der Waals surface area contributed by atoms with Gasteiger partial charge in [-0.2, -0.15) is 0 Å². The van der Waals surface area contributed by atoms with Crippen LogP contribution in [0.3, 0.4) is 0 Å². The van der Waals surface area contributed by atoms with E-state index in [9.17, 15) is 24.6 Å². The second-order valence-electron chi connectivity index (χ2n) is 21.1. The highest BCUT2D eigenvalue weighted by molar-refractivity contribution is 6.03. The summed E-state index contributed by atoms with van der Waals surface area (Å²) in [4.78, 5) is 40.9. The van der Waals surface area contributed by atoms with Crippen LogP contribution in [-0.4, -0.2) is 39.1 Å². The number of ether oxygens (including phenoxy) is 2. The first kappa shape index (κ1) is 35.5. The van der Waals surface area contributed by atoms with Crippen molar-refractivity contribution in [2.75, 3.05) is 0 Å². The number of carboxylic acids is 1. The van der Waals surface area contributed by atoms with Crippen LogP contribution in [0.4, 0.5) is 0 Å². The molecule has 1 aromatic rings. The lowest BCUT2D eigenvalue weighted by atomic mass is 9.34. The molecule has 0 saturated heterocycles. The Labute approximate surface area is 314 Å². The predicted octanol–water partition coefficient (Wildman–Crippen LogP) is 9.45. The highest BCUT2D eigenvalue weighted by Crippen LogP contribution is 2.76. The molecular formula is C46H58O7. The summed E-state index contributed by atoms with van der Waals surface area (Å²) in [6.07, 6.45) is 15.5. The van der Waals surface area contributed by atoms with Gasteiger partial charge in [0, 0.05) is 23.0 Å². The quantitative estimate of drug-likeness (QED) is 0.297. The molecule has 2 unspecified atom stereocenters. The van der Waals surface area contributed by atoms with Gasteiger partial charge < -0.3 is 19.7 Å². The lowest BCUT2D eigenvalue weighted by Crippen LogP contribution is -2.70. The Balaban J connectivity index is 1.14. The first-order valence-corrected chi connectivity index (χ1v) is 20.3. The third kappa shape index (κ3) is 4.08. The number of Topliss-reactive ketones (excluding diaryl/α,β-unsaturated/α-hetero) is 1. The van der Waals surface area contributed by atoms with Crippen molar-refractivity contribution in [3.8, 4) is 11.5 Å². The number of rotatable bonds is 1. The minimum Gasteiger partial charge on any atom is -0.481 e. The van der Waals surface area contributed by atoms with Crippen LogP contribution >= 0.6 is 0 Å². The first-order chi connectivity index (χ1) is 24.5. The molecule has 0 amide bonds. The summed E-state index contributed by atoms with van der Waals surface area (Å²) in [5.74, 6) is -2.28. The van der Waals surface area contributed by atoms with Gasteiger partial charge in [-0.25, -0.2) is 0 Å². The standard InChI is InChI=1S/C46H58O7/c1-38(2)13-10-14-41(5)28-22-32-31(21-26(28)30(47)24-34(38)41)52-45(9)27-11-12-33-42(6,29(27)23-36(48)46(45,51)53-32)18-20-44(8)35-25-40(4,37(49)50)16-15-39(35,3)17-19-43(33,44)7/h11-12,21-23,34-35,51H,10,13-20,24-25H2,1-9H3,(H,49,50)/t34?,35?,39-,40-,41-,42+,43-,44+,45-,46+/m1/s1. The van der Waals surface area contributed by atoms with Gasteiger partial charge in [-0.3, -0.25) is 14.4 Å². The van der Waals surface area contributed by atoms with Crippen molar-refractivity contribution in [3.05, 3.63) is 58.2 Å². The molecular weight excluding hydrogens is 664 g/mol. The number of allylic oxidation sites excluding steroid dienone is 3. The van der Waals surface area contributed by atoms with Gasteiger partial charge in [0.25, 0.3) is 0 Å². The van der Waals surface area contributed by atoms with Crippen LogP contribution in [0, 0.1) is 44.3 Å². The van der Waals surface area contributed by atoms with E-state index in [4.69, 9.17) is 9.47 Å². The average Bonchev–Trinajstić information content (AvgIpc) is 3.08. The molecule has 1 aliphatic heterocycles. The molecule has 1 aromatic carbocycles. The second kappa shape index (κ2) is 10.2. The maximum atomic E-state index is 14.5. The van der Waals surface area contributed by atoms with Gasteiger partial charge >= 0.3 is 11.8 Å². The van der Waals surface area contributed by atoms with E-state index in [0.29, 0.717) is 36.3 Å². The van der Waals surface area contributed by atoms with Gasteiger partial charge in [-0.15, -0.1) is 0 Å². The fraction of sp³-hybridized carbons (Fsp3) is 0.674. The first-order valence-electron chi connectivity index (χ1n) is 20.3. The van der Waals surface area contributed by atoms with E-state index in [-0.39, 0.29) is 44.7 Å². The number of carboxylic acid groups (broad SMARTS) is 1. The number of aliphatic carboxylic acids is 1. The maximum Gasteiger partial charge on any atom is 0.317 e. The summed E-state index contributed by atoms with van der Waals surface area (Å²) in [5.41, 5.74) is 1.20. The third-order valence-corrected chi connectivity index (χ3v) is 18.1. The van der Waals surface area contributed by atoms with E-state index in [0.717, 1.165) is 68.1 Å². The van der Waals surface area contributed by atoms with E-state index in [2.05, 4.69) is 54.5 Å². The van der Waals surface area contributed by atoms with Crippen molar-refractivity contribution in [1.82, 2.24) is 0 Å². The molecule has 7 heteroatoms. The lowest BCUT2D eigenvalue weighted by Gasteiger charge is -2.70.